The standard InChI is InChI=1S/C9H17NO3/c11-8-5-7(6-8)10-4-2-1-3-9(12)13/h7-8,10-11H,1-6H2,(H,12,13). The molecule has 13 heavy (non-hydrogen) atoms. The molecule has 76 valence electrons. The van der Waals surface area contributed by atoms with E-state index in [0.717, 1.165) is 32.2 Å². The number of carboxylic acids is 1. The van der Waals surface area contributed by atoms with Gasteiger partial charge in [-0.15, -0.1) is 0 Å². The van der Waals surface area contributed by atoms with Crippen LogP contribution in [0, 0.1) is 0 Å². The molecule has 0 heterocycles. The van der Waals surface area contributed by atoms with E-state index in [1.165, 1.54) is 0 Å². The summed E-state index contributed by atoms with van der Waals surface area (Å²) in [6, 6.07) is 0.458. The van der Waals surface area contributed by atoms with Crippen molar-refractivity contribution in [2.45, 2.75) is 44.2 Å². The summed E-state index contributed by atoms with van der Waals surface area (Å²) in [5.74, 6) is -0.723. The predicted octanol–water partition coefficient (Wildman–Crippen LogP) is 0.354. The van der Waals surface area contributed by atoms with E-state index in [1.54, 1.807) is 0 Å². The lowest BCUT2D eigenvalue weighted by Gasteiger charge is -2.32. The second-order valence-electron chi connectivity index (χ2n) is 3.63. The van der Waals surface area contributed by atoms with E-state index in [9.17, 15) is 4.79 Å². The molecule has 0 atom stereocenters. The Hall–Kier alpha value is -0.610. The minimum absolute atomic E-state index is 0.114. The maximum atomic E-state index is 10.2. The molecule has 0 aromatic heterocycles. The fourth-order valence-electron chi connectivity index (χ4n) is 1.46. The zero-order valence-electron chi connectivity index (χ0n) is 7.70. The summed E-state index contributed by atoms with van der Waals surface area (Å²) >= 11 is 0. The Morgan fingerprint density at radius 3 is 2.62 bits per heavy atom. The number of aliphatic hydroxyl groups excluding tert-OH is 1. The molecular formula is C9H17NO3. The van der Waals surface area contributed by atoms with Gasteiger partial charge in [0.15, 0.2) is 0 Å². The molecule has 3 N–H and O–H groups in total. The van der Waals surface area contributed by atoms with E-state index < -0.39 is 5.97 Å². The zero-order chi connectivity index (χ0) is 9.68. The van der Waals surface area contributed by atoms with Gasteiger partial charge in [0.2, 0.25) is 0 Å². The van der Waals surface area contributed by atoms with Crippen LogP contribution in [0.3, 0.4) is 0 Å². The number of unbranched alkanes of at least 4 members (excludes halogenated alkanes) is 1. The van der Waals surface area contributed by atoms with Gasteiger partial charge in [-0.3, -0.25) is 4.79 Å². The average molecular weight is 187 g/mol. The Labute approximate surface area is 78.0 Å². The first kappa shape index (κ1) is 10.5. The highest BCUT2D eigenvalue weighted by Crippen LogP contribution is 2.19. The normalized spacial score (nSPS) is 26.8. The number of hydrogen-bond donors (Lipinski definition) is 3. The average Bonchev–Trinajstić information content (AvgIpc) is 1.99. The number of aliphatic hydroxyl groups is 1. The molecule has 0 amide bonds. The van der Waals surface area contributed by atoms with Crippen LogP contribution in [0.1, 0.15) is 32.1 Å². The van der Waals surface area contributed by atoms with Crippen molar-refractivity contribution < 1.29 is 15.0 Å². The number of carboxylic acid groups (broad SMARTS) is 1. The summed E-state index contributed by atoms with van der Waals surface area (Å²) in [7, 11) is 0. The fourth-order valence-corrected chi connectivity index (χ4v) is 1.46. The summed E-state index contributed by atoms with van der Waals surface area (Å²) in [5, 5.41) is 20.6. The van der Waals surface area contributed by atoms with E-state index in [0.29, 0.717) is 6.04 Å². The molecule has 1 saturated carbocycles. The van der Waals surface area contributed by atoms with Crippen LogP contribution in [-0.4, -0.2) is 34.9 Å². The highest BCUT2D eigenvalue weighted by Gasteiger charge is 2.25. The Balaban J connectivity index is 1.82. The van der Waals surface area contributed by atoms with Gasteiger partial charge in [-0.1, -0.05) is 0 Å². The molecular weight excluding hydrogens is 170 g/mol. The van der Waals surface area contributed by atoms with Crippen LogP contribution in [0.5, 0.6) is 0 Å². The van der Waals surface area contributed by atoms with Gasteiger partial charge in [-0.05, 0) is 32.2 Å². The minimum atomic E-state index is -0.723. The van der Waals surface area contributed by atoms with Gasteiger partial charge in [-0.2, -0.15) is 0 Å². The fraction of sp³-hybridized carbons (Fsp3) is 0.889. The summed E-state index contributed by atoms with van der Waals surface area (Å²) in [4.78, 5) is 10.2. The van der Waals surface area contributed by atoms with Crippen molar-refractivity contribution in [3.05, 3.63) is 0 Å². The predicted molar refractivity (Wildman–Crippen MR) is 48.5 cm³/mol. The summed E-state index contributed by atoms with van der Waals surface area (Å²) < 4.78 is 0. The molecule has 0 aliphatic heterocycles. The smallest absolute Gasteiger partial charge is 0.303 e. The molecule has 1 rings (SSSR count). The van der Waals surface area contributed by atoms with Crippen LogP contribution < -0.4 is 5.32 Å². The summed E-state index contributed by atoms with van der Waals surface area (Å²) in [6.07, 6.45) is 3.47. The molecule has 4 nitrogen and oxygen atoms in total. The first-order chi connectivity index (χ1) is 6.18. The van der Waals surface area contributed by atoms with Crippen molar-refractivity contribution in [2.75, 3.05) is 6.54 Å². The molecule has 1 aliphatic carbocycles. The van der Waals surface area contributed by atoms with Gasteiger partial charge in [0, 0.05) is 12.5 Å². The third-order valence-electron chi connectivity index (χ3n) is 2.36. The van der Waals surface area contributed by atoms with Gasteiger partial charge in [0.25, 0.3) is 0 Å². The molecule has 0 aromatic carbocycles. The molecule has 0 aromatic rings. The molecule has 0 spiro atoms. The molecule has 0 bridgehead atoms. The van der Waals surface area contributed by atoms with Crippen molar-refractivity contribution in [2.24, 2.45) is 0 Å². The molecule has 1 fully saturated rings. The Kier molecular flexibility index (Phi) is 4.18. The van der Waals surface area contributed by atoms with E-state index in [4.69, 9.17) is 10.2 Å². The SMILES string of the molecule is O=C(O)CCCCNC1CC(O)C1. The van der Waals surface area contributed by atoms with Crippen LogP contribution in [-0.2, 0) is 4.79 Å². The van der Waals surface area contributed by atoms with Crippen LogP contribution in [0.4, 0.5) is 0 Å². The highest BCUT2D eigenvalue weighted by molar-refractivity contribution is 5.66. The Morgan fingerprint density at radius 2 is 2.08 bits per heavy atom. The molecule has 4 heteroatoms. The van der Waals surface area contributed by atoms with Gasteiger partial charge in [0.05, 0.1) is 6.10 Å². The van der Waals surface area contributed by atoms with Gasteiger partial charge in [-0.25, -0.2) is 0 Å². The van der Waals surface area contributed by atoms with Crippen molar-refractivity contribution in [1.29, 1.82) is 0 Å². The quantitative estimate of drug-likeness (QED) is 0.525. The zero-order valence-corrected chi connectivity index (χ0v) is 7.70. The van der Waals surface area contributed by atoms with E-state index in [2.05, 4.69) is 5.32 Å². The number of rotatable bonds is 6. The van der Waals surface area contributed by atoms with Gasteiger partial charge < -0.3 is 15.5 Å². The Bertz CT molecular complexity index is 166. The lowest BCUT2D eigenvalue weighted by atomic mass is 9.89. The maximum absolute atomic E-state index is 10.2. The van der Waals surface area contributed by atoms with Crippen LogP contribution in [0.2, 0.25) is 0 Å². The van der Waals surface area contributed by atoms with Crippen molar-refractivity contribution in [3.8, 4) is 0 Å². The summed E-state index contributed by atoms with van der Waals surface area (Å²) in [6.45, 7) is 0.866. The van der Waals surface area contributed by atoms with Crippen LogP contribution >= 0.6 is 0 Å². The topological polar surface area (TPSA) is 69.6 Å². The van der Waals surface area contributed by atoms with Crippen molar-refractivity contribution in [3.63, 3.8) is 0 Å². The second-order valence-corrected chi connectivity index (χ2v) is 3.63. The van der Waals surface area contributed by atoms with Gasteiger partial charge in [0.1, 0.15) is 0 Å². The van der Waals surface area contributed by atoms with Crippen molar-refractivity contribution in [1.82, 2.24) is 5.32 Å². The molecule has 0 unspecified atom stereocenters. The number of hydrogen-bond acceptors (Lipinski definition) is 3. The molecule has 0 saturated heterocycles. The molecule has 0 radical (unpaired) electrons. The third kappa shape index (κ3) is 4.24. The number of nitrogens with one attached hydrogen (secondary N) is 1. The van der Waals surface area contributed by atoms with Gasteiger partial charge >= 0.3 is 5.97 Å². The third-order valence-corrected chi connectivity index (χ3v) is 2.36. The lowest BCUT2D eigenvalue weighted by molar-refractivity contribution is -0.137. The summed E-state index contributed by atoms with van der Waals surface area (Å²) in [5.41, 5.74) is 0. The van der Waals surface area contributed by atoms with E-state index in [1.807, 2.05) is 0 Å². The van der Waals surface area contributed by atoms with Crippen LogP contribution in [0.15, 0.2) is 0 Å². The monoisotopic (exact) mass is 187 g/mol. The number of carbonyl (C=O) groups is 1. The Morgan fingerprint density at radius 1 is 1.38 bits per heavy atom. The lowest BCUT2D eigenvalue weighted by Crippen LogP contribution is -2.44. The highest BCUT2D eigenvalue weighted by atomic mass is 16.4. The minimum Gasteiger partial charge on any atom is -0.481 e. The van der Waals surface area contributed by atoms with Crippen molar-refractivity contribution >= 4 is 5.97 Å². The first-order valence-corrected chi connectivity index (χ1v) is 4.81. The maximum Gasteiger partial charge on any atom is 0.303 e. The van der Waals surface area contributed by atoms with E-state index >= 15 is 0 Å². The largest absolute Gasteiger partial charge is 0.481 e. The first-order valence-electron chi connectivity index (χ1n) is 4.81. The van der Waals surface area contributed by atoms with Crippen LogP contribution in [0.25, 0.3) is 0 Å². The number of aliphatic carboxylic acids is 1. The molecule has 1 aliphatic rings. The second kappa shape index (κ2) is 5.19. The van der Waals surface area contributed by atoms with E-state index in [-0.39, 0.29) is 12.5 Å².